The van der Waals surface area contributed by atoms with Crippen LogP contribution in [0.15, 0.2) is 23.3 Å². The van der Waals surface area contributed by atoms with Crippen molar-refractivity contribution in [2.24, 2.45) is 16.9 Å². The highest BCUT2D eigenvalue weighted by molar-refractivity contribution is 5.98. The van der Waals surface area contributed by atoms with Gasteiger partial charge >= 0.3 is 0 Å². The van der Waals surface area contributed by atoms with E-state index in [9.17, 15) is 15.0 Å². The molecule has 0 saturated heterocycles. The summed E-state index contributed by atoms with van der Waals surface area (Å²) in [5.41, 5.74) is 3.57. The molecule has 2 fully saturated rings. The minimum Gasteiger partial charge on any atom is -0.508 e. The number of carbonyl (C=O) groups excluding carboxylic acids is 1. The second kappa shape index (κ2) is 4.57. The zero-order chi connectivity index (χ0) is 13.4. The van der Waals surface area contributed by atoms with Gasteiger partial charge in [0.25, 0.3) is 5.91 Å². The van der Waals surface area contributed by atoms with Gasteiger partial charge in [-0.1, -0.05) is 0 Å². The lowest BCUT2D eigenvalue weighted by molar-refractivity contribution is 0.0951. The number of hydrazone groups is 1. The Morgan fingerprint density at radius 2 is 2.16 bits per heavy atom. The van der Waals surface area contributed by atoms with Gasteiger partial charge in [0.05, 0.1) is 5.56 Å². The Bertz CT molecular complexity index is 554. The van der Waals surface area contributed by atoms with E-state index in [4.69, 9.17) is 0 Å². The zero-order valence-corrected chi connectivity index (χ0v) is 10.5. The van der Waals surface area contributed by atoms with E-state index in [1.165, 1.54) is 31.0 Å². The Hall–Kier alpha value is -2.04. The number of fused-ring (bicyclic) bond motifs is 2. The average Bonchev–Trinajstić information content (AvgIpc) is 3.01. The van der Waals surface area contributed by atoms with Crippen LogP contribution in [0.2, 0.25) is 0 Å². The van der Waals surface area contributed by atoms with E-state index in [2.05, 4.69) is 10.5 Å². The highest BCUT2D eigenvalue weighted by Gasteiger charge is 2.36. The van der Waals surface area contributed by atoms with E-state index in [0.29, 0.717) is 5.92 Å². The van der Waals surface area contributed by atoms with E-state index in [1.54, 1.807) is 0 Å². The van der Waals surface area contributed by atoms with Crippen LogP contribution in [0.4, 0.5) is 0 Å². The molecule has 0 unspecified atom stereocenters. The Morgan fingerprint density at radius 3 is 2.84 bits per heavy atom. The fourth-order valence-corrected chi connectivity index (χ4v) is 3.05. The molecule has 2 aliphatic carbocycles. The summed E-state index contributed by atoms with van der Waals surface area (Å²) >= 11 is 0. The molecule has 1 aromatic rings. The van der Waals surface area contributed by atoms with Gasteiger partial charge in [0, 0.05) is 5.71 Å². The molecule has 0 heterocycles. The van der Waals surface area contributed by atoms with Crippen LogP contribution in [-0.2, 0) is 0 Å². The molecule has 19 heavy (non-hydrogen) atoms. The van der Waals surface area contributed by atoms with E-state index in [1.807, 2.05) is 0 Å². The first-order valence-corrected chi connectivity index (χ1v) is 6.52. The summed E-state index contributed by atoms with van der Waals surface area (Å²) in [7, 11) is 0. The van der Waals surface area contributed by atoms with E-state index in [-0.39, 0.29) is 17.1 Å². The number of rotatable bonds is 2. The topological polar surface area (TPSA) is 81.9 Å². The van der Waals surface area contributed by atoms with E-state index in [0.717, 1.165) is 24.5 Å². The summed E-state index contributed by atoms with van der Waals surface area (Å²) < 4.78 is 0. The molecule has 2 aliphatic rings. The lowest BCUT2D eigenvalue weighted by atomic mass is 9.99. The third-order valence-electron chi connectivity index (χ3n) is 4.04. The predicted molar refractivity (Wildman–Crippen MR) is 70.1 cm³/mol. The normalized spacial score (nSPS) is 26.8. The highest BCUT2D eigenvalue weighted by atomic mass is 16.3. The second-order valence-corrected chi connectivity index (χ2v) is 5.33. The van der Waals surface area contributed by atoms with Gasteiger partial charge in [0.2, 0.25) is 0 Å². The first kappa shape index (κ1) is 12.0. The van der Waals surface area contributed by atoms with Crippen molar-refractivity contribution in [1.29, 1.82) is 0 Å². The maximum atomic E-state index is 11.9. The summed E-state index contributed by atoms with van der Waals surface area (Å²) in [6.07, 6.45) is 4.59. The molecule has 3 rings (SSSR count). The SMILES string of the molecule is O=C(N/N=C1/C[C@@H]2CC[C@@H]1C2)c1cc(O)ccc1O. The summed E-state index contributed by atoms with van der Waals surface area (Å²) in [4.78, 5) is 11.9. The summed E-state index contributed by atoms with van der Waals surface area (Å²) in [6, 6.07) is 3.84. The average molecular weight is 260 g/mol. The summed E-state index contributed by atoms with van der Waals surface area (Å²) in [6.45, 7) is 0. The molecule has 1 aromatic carbocycles. The number of benzene rings is 1. The highest BCUT2D eigenvalue weighted by Crippen LogP contribution is 2.42. The van der Waals surface area contributed by atoms with Crippen molar-refractivity contribution in [2.45, 2.75) is 25.7 Å². The van der Waals surface area contributed by atoms with Gasteiger partial charge in [-0.05, 0) is 55.7 Å². The van der Waals surface area contributed by atoms with Gasteiger partial charge in [-0.2, -0.15) is 5.10 Å². The molecule has 100 valence electrons. The molecular formula is C14H16N2O3. The molecule has 5 heteroatoms. The molecule has 2 bridgehead atoms. The van der Waals surface area contributed by atoms with Gasteiger partial charge in [-0.3, -0.25) is 4.79 Å². The fraction of sp³-hybridized carbons (Fsp3) is 0.429. The predicted octanol–water partition coefficient (Wildman–Crippen LogP) is 2.00. The Labute approximate surface area is 111 Å². The maximum absolute atomic E-state index is 11.9. The van der Waals surface area contributed by atoms with Crippen LogP contribution in [0.1, 0.15) is 36.0 Å². The van der Waals surface area contributed by atoms with Crippen molar-refractivity contribution in [3.8, 4) is 11.5 Å². The third kappa shape index (κ3) is 2.28. The maximum Gasteiger partial charge on any atom is 0.275 e. The number of aromatic hydroxyl groups is 2. The number of hydrogen-bond donors (Lipinski definition) is 3. The van der Waals surface area contributed by atoms with Crippen LogP contribution in [0.3, 0.4) is 0 Å². The van der Waals surface area contributed by atoms with Gasteiger partial charge in [-0.15, -0.1) is 0 Å². The van der Waals surface area contributed by atoms with Crippen molar-refractivity contribution < 1.29 is 15.0 Å². The molecule has 3 N–H and O–H groups in total. The van der Waals surface area contributed by atoms with Crippen LogP contribution in [0.25, 0.3) is 0 Å². The van der Waals surface area contributed by atoms with Crippen LogP contribution in [0, 0.1) is 11.8 Å². The summed E-state index contributed by atoms with van der Waals surface area (Å²) in [5.74, 6) is 0.528. The van der Waals surface area contributed by atoms with Crippen LogP contribution in [-0.4, -0.2) is 21.8 Å². The standard InChI is InChI=1S/C14H16N2O3/c17-10-3-4-13(18)11(7-10)14(19)16-15-12-6-8-1-2-9(12)5-8/h3-4,7-9,17-18H,1-2,5-6H2,(H,16,19)/b15-12-/t8-,9-/m1/s1. The fourth-order valence-electron chi connectivity index (χ4n) is 3.05. The van der Waals surface area contributed by atoms with Crippen molar-refractivity contribution >= 4 is 11.6 Å². The van der Waals surface area contributed by atoms with Crippen LogP contribution >= 0.6 is 0 Å². The van der Waals surface area contributed by atoms with E-state index < -0.39 is 5.91 Å². The van der Waals surface area contributed by atoms with Crippen molar-refractivity contribution in [3.05, 3.63) is 23.8 Å². The third-order valence-corrected chi connectivity index (χ3v) is 4.04. The Kier molecular flexibility index (Phi) is 2.89. The zero-order valence-electron chi connectivity index (χ0n) is 10.5. The molecular weight excluding hydrogens is 244 g/mol. The second-order valence-electron chi connectivity index (χ2n) is 5.33. The van der Waals surface area contributed by atoms with Gasteiger partial charge < -0.3 is 10.2 Å². The number of phenols is 2. The Morgan fingerprint density at radius 1 is 1.32 bits per heavy atom. The molecule has 0 spiro atoms. The number of nitrogens with one attached hydrogen (secondary N) is 1. The quantitative estimate of drug-likeness (QED) is 0.562. The lowest BCUT2D eigenvalue weighted by Crippen LogP contribution is -2.22. The minimum atomic E-state index is -0.497. The number of phenolic OH excluding ortho intramolecular Hbond substituents is 2. The van der Waals surface area contributed by atoms with E-state index >= 15 is 0 Å². The van der Waals surface area contributed by atoms with Gasteiger partial charge in [0.1, 0.15) is 11.5 Å². The first-order valence-electron chi connectivity index (χ1n) is 6.52. The van der Waals surface area contributed by atoms with Crippen LogP contribution in [0.5, 0.6) is 11.5 Å². The first-order chi connectivity index (χ1) is 9.13. The van der Waals surface area contributed by atoms with Gasteiger partial charge in [-0.25, -0.2) is 5.43 Å². The minimum absolute atomic E-state index is 0.0347. The largest absolute Gasteiger partial charge is 0.508 e. The molecule has 2 saturated carbocycles. The molecule has 0 aliphatic heterocycles. The molecule has 0 aromatic heterocycles. The lowest BCUT2D eigenvalue weighted by Gasteiger charge is -2.12. The number of hydrogen-bond acceptors (Lipinski definition) is 4. The molecule has 2 atom stereocenters. The monoisotopic (exact) mass is 260 g/mol. The smallest absolute Gasteiger partial charge is 0.275 e. The number of nitrogens with zero attached hydrogens (tertiary/aromatic N) is 1. The molecule has 0 radical (unpaired) electrons. The number of amides is 1. The van der Waals surface area contributed by atoms with Gasteiger partial charge in [0.15, 0.2) is 0 Å². The molecule has 1 amide bonds. The van der Waals surface area contributed by atoms with Crippen molar-refractivity contribution in [1.82, 2.24) is 5.43 Å². The van der Waals surface area contributed by atoms with Crippen molar-refractivity contribution in [2.75, 3.05) is 0 Å². The van der Waals surface area contributed by atoms with Crippen molar-refractivity contribution in [3.63, 3.8) is 0 Å². The Balaban J connectivity index is 1.72. The number of carbonyl (C=O) groups is 1. The molecule has 5 nitrogen and oxygen atoms in total. The summed E-state index contributed by atoms with van der Waals surface area (Å²) in [5, 5.41) is 23.1. The van der Waals surface area contributed by atoms with Crippen LogP contribution < -0.4 is 5.43 Å².